The van der Waals surface area contributed by atoms with Crippen LogP contribution < -0.4 is 5.73 Å². The Morgan fingerprint density at radius 3 is 2.36 bits per heavy atom. The first-order valence-electron chi connectivity index (χ1n) is 3.74. The molecule has 0 aromatic heterocycles. The molecule has 0 atom stereocenters. The number of amides is 2. The molecule has 0 aromatic carbocycles. The van der Waals surface area contributed by atoms with Crippen LogP contribution in [0, 0.1) is 0 Å². The van der Waals surface area contributed by atoms with Crippen molar-refractivity contribution in [3.8, 4) is 0 Å². The summed E-state index contributed by atoms with van der Waals surface area (Å²) in [5, 5.41) is 0. The molecule has 11 heavy (non-hydrogen) atoms. The van der Waals surface area contributed by atoms with E-state index in [9.17, 15) is 9.18 Å². The molecule has 0 aliphatic carbocycles. The predicted molar refractivity (Wildman–Crippen MR) is 39.9 cm³/mol. The minimum atomic E-state index is -1.11. The summed E-state index contributed by atoms with van der Waals surface area (Å²) in [4.78, 5) is 12.1. The van der Waals surface area contributed by atoms with Gasteiger partial charge in [-0.1, -0.05) is 0 Å². The Labute approximate surface area is 65.3 Å². The lowest BCUT2D eigenvalue weighted by molar-refractivity contribution is 0.0897. The van der Waals surface area contributed by atoms with Crippen molar-refractivity contribution in [3.63, 3.8) is 0 Å². The van der Waals surface area contributed by atoms with E-state index in [2.05, 4.69) is 0 Å². The van der Waals surface area contributed by atoms with E-state index < -0.39 is 11.7 Å². The number of hydrogen-bond donors (Lipinski definition) is 1. The van der Waals surface area contributed by atoms with Crippen LogP contribution in [0.2, 0.25) is 0 Å². The smallest absolute Gasteiger partial charge is 0.314 e. The number of hydrogen-bond acceptors (Lipinski definition) is 1. The molecule has 0 unspecified atom stereocenters. The summed E-state index contributed by atoms with van der Waals surface area (Å²) in [5.74, 6) is 0. The number of carbonyl (C=O) groups is 1. The summed E-state index contributed by atoms with van der Waals surface area (Å²) >= 11 is 0. The zero-order chi connectivity index (χ0) is 8.48. The highest BCUT2D eigenvalue weighted by Crippen LogP contribution is 2.24. The Bertz CT molecular complexity index is 160. The van der Waals surface area contributed by atoms with E-state index >= 15 is 0 Å². The van der Waals surface area contributed by atoms with E-state index in [0.29, 0.717) is 25.9 Å². The lowest BCUT2D eigenvalue weighted by atomic mass is 9.96. The molecule has 1 heterocycles. The van der Waals surface area contributed by atoms with Crippen molar-refractivity contribution in [2.75, 3.05) is 13.1 Å². The van der Waals surface area contributed by atoms with Crippen molar-refractivity contribution in [3.05, 3.63) is 0 Å². The Hall–Kier alpha value is -0.800. The molecule has 1 fully saturated rings. The number of alkyl halides is 1. The second-order valence-corrected chi connectivity index (χ2v) is 3.24. The van der Waals surface area contributed by atoms with Crippen molar-refractivity contribution in [2.45, 2.75) is 25.4 Å². The molecule has 2 N–H and O–H groups in total. The van der Waals surface area contributed by atoms with E-state index in [1.54, 1.807) is 6.92 Å². The number of likely N-dealkylation sites (tertiary alicyclic amines) is 1. The highest BCUT2D eigenvalue weighted by atomic mass is 19.1. The monoisotopic (exact) mass is 160 g/mol. The van der Waals surface area contributed by atoms with Crippen LogP contribution in [0.5, 0.6) is 0 Å². The number of carbonyl (C=O) groups excluding carboxylic acids is 1. The fourth-order valence-corrected chi connectivity index (χ4v) is 1.19. The van der Waals surface area contributed by atoms with Gasteiger partial charge in [-0.05, 0) is 19.8 Å². The highest BCUT2D eigenvalue weighted by molar-refractivity contribution is 5.72. The molecule has 1 rings (SSSR count). The molecule has 0 saturated carbocycles. The van der Waals surface area contributed by atoms with Crippen LogP contribution in [0.4, 0.5) is 9.18 Å². The first-order valence-corrected chi connectivity index (χ1v) is 3.74. The van der Waals surface area contributed by atoms with E-state index in [4.69, 9.17) is 5.73 Å². The molecular weight excluding hydrogens is 147 g/mol. The standard InChI is InChI=1S/C7H13FN2O/c1-7(8)2-4-10(5-3-7)6(9)11/h2-5H2,1H3,(H2,9,11). The van der Waals surface area contributed by atoms with Gasteiger partial charge in [0.2, 0.25) is 0 Å². The zero-order valence-corrected chi connectivity index (χ0v) is 6.64. The first kappa shape index (κ1) is 8.30. The molecule has 0 aromatic rings. The number of urea groups is 1. The summed E-state index contributed by atoms with van der Waals surface area (Å²) in [6.07, 6.45) is 0.797. The molecular formula is C7H13FN2O. The molecule has 0 radical (unpaired) electrons. The van der Waals surface area contributed by atoms with Crippen molar-refractivity contribution in [1.29, 1.82) is 0 Å². The van der Waals surface area contributed by atoms with Crippen LogP contribution in [0.3, 0.4) is 0 Å². The third-order valence-corrected chi connectivity index (χ3v) is 2.12. The Kier molecular flexibility index (Phi) is 2.02. The van der Waals surface area contributed by atoms with Crippen LogP contribution >= 0.6 is 0 Å². The molecule has 64 valence electrons. The van der Waals surface area contributed by atoms with Crippen LogP contribution in [0.15, 0.2) is 0 Å². The van der Waals surface area contributed by atoms with Gasteiger partial charge < -0.3 is 10.6 Å². The molecule has 3 nitrogen and oxygen atoms in total. The summed E-state index contributed by atoms with van der Waals surface area (Å²) < 4.78 is 13.1. The third-order valence-electron chi connectivity index (χ3n) is 2.12. The minimum Gasteiger partial charge on any atom is -0.351 e. The second kappa shape index (κ2) is 2.68. The van der Waals surface area contributed by atoms with Gasteiger partial charge in [0.25, 0.3) is 0 Å². The maximum absolute atomic E-state index is 13.1. The molecule has 0 spiro atoms. The summed E-state index contributed by atoms with van der Waals surface area (Å²) in [5.41, 5.74) is 3.92. The number of nitrogens with zero attached hydrogens (tertiary/aromatic N) is 1. The van der Waals surface area contributed by atoms with Gasteiger partial charge in [-0.25, -0.2) is 9.18 Å². The molecule has 2 amide bonds. The van der Waals surface area contributed by atoms with Crippen molar-refractivity contribution in [1.82, 2.24) is 4.90 Å². The largest absolute Gasteiger partial charge is 0.351 e. The average molecular weight is 160 g/mol. The van der Waals surface area contributed by atoms with Gasteiger partial charge >= 0.3 is 6.03 Å². The van der Waals surface area contributed by atoms with Gasteiger partial charge in [0.05, 0.1) is 0 Å². The lowest BCUT2D eigenvalue weighted by Crippen LogP contribution is -2.45. The normalized spacial score (nSPS) is 23.3. The number of primary amides is 1. The van der Waals surface area contributed by atoms with Gasteiger partial charge in [0.1, 0.15) is 5.67 Å². The molecule has 4 heteroatoms. The maximum atomic E-state index is 13.1. The predicted octanol–water partition coefficient (Wildman–Crippen LogP) is 0.889. The Morgan fingerprint density at radius 2 is 2.00 bits per heavy atom. The van der Waals surface area contributed by atoms with Crippen LogP contribution in [0.1, 0.15) is 19.8 Å². The van der Waals surface area contributed by atoms with Crippen molar-refractivity contribution in [2.24, 2.45) is 5.73 Å². The fourth-order valence-electron chi connectivity index (χ4n) is 1.19. The SMILES string of the molecule is CC1(F)CCN(C(N)=O)CC1. The highest BCUT2D eigenvalue weighted by Gasteiger charge is 2.30. The van der Waals surface area contributed by atoms with Crippen molar-refractivity contribution >= 4 is 6.03 Å². The number of piperidine rings is 1. The maximum Gasteiger partial charge on any atom is 0.314 e. The molecule has 1 aliphatic heterocycles. The zero-order valence-electron chi connectivity index (χ0n) is 6.64. The summed E-state index contributed by atoms with van der Waals surface area (Å²) in [7, 11) is 0. The quantitative estimate of drug-likeness (QED) is 0.562. The first-order chi connectivity index (χ1) is 5.01. The second-order valence-electron chi connectivity index (χ2n) is 3.24. The van der Waals surface area contributed by atoms with E-state index in [-0.39, 0.29) is 0 Å². The Morgan fingerprint density at radius 1 is 1.55 bits per heavy atom. The van der Waals surface area contributed by atoms with Crippen LogP contribution in [-0.4, -0.2) is 29.7 Å². The van der Waals surface area contributed by atoms with Crippen molar-refractivity contribution < 1.29 is 9.18 Å². The molecule has 0 bridgehead atoms. The summed E-state index contributed by atoms with van der Waals surface area (Å²) in [6.45, 7) is 2.45. The van der Waals surface area contributed by atoms with Gasteiger partial charge in [0, 0.05) is 13.1 Å². The molecule has 1 aliphatic rings. The third kappa shape index (κ3) is 2.06. The van der Waals surface area contributed by atoms with Gasteiger partial charge in [-0.3, -0.25) is 0 Å². The van der Waals surface area contributed by atoms with Gasteiger partial charge in [-0.15, -0.1) is 0 Å². The fraction of sp³-hybridized carbons (Fsp3) is 0.857. The van der Waals surface area contributed by atoms with Crippen LogP contribution in [0.25, 0.3) is 0 Å². The number of halogens is 1. The van der Waals surface area contributed by atoms with Gasteiger partial charge in [-0.2, -0.15) is 0 Å². The topological polar surface area (TPSA) is 46.3 Å². The van der Waals surface area contributed by atoms with E-state index in [1.807, 2.05) is 0 Å². The molecule has 1 saturated heterocycles. The number of rotatable bonds is 0. The summed E-state index contributed by atoms with van der Waals surface area (Å²) in [6, 6.07) is -0.444. The van der Waals surface area contributed by atoms with Crippen LogP contribution in [-0.2, 0) is 0 Å². The van der Waals surface area contributed by atoms with Gasteiger partial charge in [0.15, 0.2) is 0 Å². The Balaban J connectivity index is 2.42. The average Bonchev–Trinajstić information content (AvgIpc) is 1.86. The lowest BCUT2D eigenvalue weighted by Gasteiger charge is -2.32. The number of nitrogens with two attached hydrogens (primary N) is 1. The van der Waals surface area contributed by atoms with E-state index in [1.165, 1.54) is 4.90 Å². The minimum absolute atomic E-state index is 0.399. The van der Waals surface area contributed by atoms with E-state index in [0.717, 1.165) is 0 Å².